The predicted octanol–water partition coefficient (Wildman–Crippen LogP) is 3.05. The summed E-state index contributed by atoms with van der Waals surface area (Å²) in [4.78, 5) is 4.40. The largest absolute Gasteiger partial charge is 0.392 e. The van der Waals surface area contributed by atoms with Crippen molar-refractivity contribution in [2.24, 2.45) is 10.4 Å². The molecule has 27 heavy (non-hydrogen) atoms. The molecule has 0 bridgehead atoms. The van der Waals surface area contributed by atoms with Crippen molar-refractivity contribution < 1.29 is 5.11 Å². The van der Waals surface area contributed by atoms with Crippen molar-refractivity contribution >= 4 is 29.9 Å². The third kappa shape index (κ3) is 5.37. The highest BCUT2D eigenvalue weighted by Gasteiger charge is 2.35. The van der Waals surface area contributed by atoms with Crippen molar-refractivity contribution in [3.05, 3.63) is 17.5 Å². The summed E-state index contributed by atoms with van der Waals surface area (Å²) in [6.45, 7) is 7.27. The van der Waals surface area contributed by atoms with E-state index in [2.05, 4.69) is 47.3 Å². The molecule has 0 aromatic carbocycles. The van der Waals surface area contributed by atoms with Gasteiger partial charge in [-0.3, -0.25) is 9.67 Å². The Hall–Kier alpha value is -0.830. The zero-order valence-corrected chi connectivity index (χ0v) is 19.5. The van der Waals surface area contributed by atoms with E-state index in [9.17, 15) is 5.11 Å². The van der Waals surface area contributed by atoms with Crippen LogP contribution in [0.4, 0.5) is 0 Å². The second-order valence-corrected chi connectivity index (χ2v) is 8.60. The Morgan fingerprint density at radius 2 is 2.19 bits per heavy atom. The van der Waals surface area contributed by atoms with Crippen molar-refractivity contribution in [1.82, 2.24) is 20.4 Å². The number of aryl methyl sites for hydroxylation is 1. The van der Waals surface area contributed by atoms with Gasteiger partial charge in [0.05, 0.1) is 11.8 Å². The summed E-state index contributed by atoms with van der Waals surface area (Å²) in [5.41, 5.74) is 2.54. The lowest BCUT2D eigenvalue weighted by atomic mass is 9.73. The third-order valence-corrected chi connectivity index (χ3v) is 6.13. The fourth-order valence-corrected chi connectivity index (χ4v) is 4.16. The molecule has 1 aromatic rings. The molecule has 2 aliphatic rings. The van der Waals surface area contributed by atoms with E-state index >= 15 is 0 Å². The Labute approximate surface area is 180 Å². The summed E-state index contributed by atoms with van der Waals surface area (Å²) in [5.74, 6) is 0.834. The Balaban J connectivity index is 0.00000261. The van der Waals surface area contributed by atoms with Crippen molar-refractivity contribution in [2.75, 3.05) is 13.6 Å². The Morgan fingerprint density at radius 3 is 2.85 bits per heavy atom. The molecule has 0 saturated heterocycles. The first-order chi connectivity index (χ1) is 12.4. The van der Waals surface area contributed by atoms with Crippen molar-refractivity contribution in [1.29, 1.82) is 0 Å². The molecule has 7 heteroatoms. The Bertz CT molecular complexity index is 644. The predicted molar refractivity (Wildman–Crippen MR) is 121 cm³/mol. The van der Waals surface area contributed by atoms with Gasteiger partial charge in [0, 0.05) is 43.7 Å². The molecule has 0 spiro atoms. The summed E-state index contributed by atoms with van der Waals surface area (Å²) >= 11 is 0. The van der Waals surface area contributed by atoms with Gasteiger partial charge in [0.25, 0.3) is 0 Å². The van der Waals surface area contributed by atoms with Crippen LogP contribution in [0.15, 0.2) is 11.2 Å². The van der Waals surface area contributed by atoms with Gasteiger partial charge in [0.15, 0.2) is 5.96 Å². The van der Waals surface area contributed by atoms with Gasteiger partial charge in [-0.2, -0.15) is 5.10 Å². The van der Waals surface area contributed by atoms with Gasteiger partial charge in [0.2, 0.25) is 0 Å². The molecule has 3 N–H and O–H groups in total. The van der Waals surface area contributed by atoms with E-state index in [1.807, 2.05) is 7.05 Å². The lowest BCUT2D eigenvalue weighted by Crippen LogP contribution is -2.51. The number of fused-ring (bicyclic) bond motifs is 1. The second-order valence-electron chi connectivity index (χ2n) is 8.60. The summed E-state index contributed by atoms with van der Waals surface area (Å²) < 4.78 is 2.07. The van der Waals surface area contributed by atoms with E-state index in [-0.39, 0.29) is 35.5 Å². The Kier molecular flexibility index (Phi) is 7.97. The summed E-state index contributed by atoms with van der Waals surface area (Å²) in [7, 11) is 1.82. The fraction of sp³-hybridized carbons (Fsp3) is 0.800. The molecule has 6 nitrogen and oxygen atoms in total. The quantitative estimate of drug-likeness (QED) is 0.346. The molecular weight excluding hydrogens is 453 g/mol. The monoisotopic (exact) mass is 489 g/mol. The van der Waals surface area contributed by atoms with Crippen molar-refractivity contribution in [3.63, 3.8) is 0 Å². The molecule has 154 valence electrons. The van der Waals surface area contributed by atoms with Crippen LogP contribution < -0.4 is 10.6 Å². The molecule has 1 saturated carbocycles. The minimum Gasteiger partial charge on any atom is -0.392 e. The summed E-state index contributed by atoms with van der Waals surface area (Å²) in [6.07, 6.45) is 9.39. The van der Waals surface area contributed by atoms with Crippen molar-refractivity contribution in [2.45, 2.75) is 83.9 Å². The molecule has 3 unspecified atom stereocenters. The number of nitrogens with one attached hydrogen (secondary N) is 2. The maximum absolute atomic E-state index is 10.4. The number of guanidine groups is 1. The van der Waals surface area contributed by atoms with Crippen LogP contribution in [-0.4, -0.2) is 46.6 Å². The fourth-order valence-electron chi connectivity index (χ4n) is 4.16. The number of aromatic nitrogens is 2. The van der Waals surface area contributed by atoms with Crippen LogP contribution in [-0.2, 0) is 12.8 Å². The lowest BCUT2D eigenvalue weighted by Gasteiger charge is -2.39. The van der Waals surface area contributed by atoms with E-state index in [0.29, 0.717) is 12.1 Å². The van der Waals surface area contributed by atoms with Crippen LogP contribution in [0.25, 0.3) is 0 Å². The maximum Gasteiger partial charge on any atom is 0.191 e. The standard InChI is InChI=1S/C20H35N5O.HI/c1-14(2)25-12-15-8-9-16(11-17(15)24-25)23-19(21-4)22-13-20(3)10-6-5-7-18(20)26;/h12,14,16,18,26H,5-11,13H2,1-4H3,(H2,21,22,23);1H. The minimum atomic E-state index is -0.223. The molecule has 3 rings (SSSR count). The average molecular weight is 489 g/mol. The first-order valence-corrected chi connectivity index (χ1v) is 10.1. The first-order valence-electron chi connectivity index (χ1n) is 10.1. The van der Waals surface area contributed by atoms with Gasteiger partial charge in [0.1, 0.15) is 0 Å². The number of rotatable bonds is 4. The number of halogens is 1. The number of hydrogen-bond donors (Lipinski definition) is 3. The minimum absolute atomic E-state index is 0. The zero-order chi connectivity index (χ0) is 18.7. The molecule has 1 aromatic heterocycles. The van der Waals surface area contributed by atoms with Crippen LogP contribution in [0.2, 0.25) is 0 Å². The number of nitrogens with zero attached hydrogens (tertiary/aromatic N) is 3. The lowest BCUT2D eigenvalue weighted by molar-refractivity contribution is 0.00395. The van der Waals surface area contributed by atoms with Gasteiger partial charge in [-0.05, 0) is 45.1 Å². The molecule has 0 aliphatic heterocycles. The van der Waals surface area contributed by atoms with Gasteiger partial charge < -0.3 is 15.7 Å². The number of hydrogen-bond acceptors (Lipinski definition) is 3. The molecule has 0 amide bonds. The highest BCUT2D eigenvalue weighted by Crippen LogP contribution is 2.35. The van der Waals surface area contributed by atoms with Crippen LogP contribution >= 0.6 is 24.0 Å². The maximum atomic E-state index is 10.4. The molecule has 0 radical (unpaired) electrons. The van der Waals surface area contributed by atoms with Gasteiger partial charge in [-0.25, -0.2) is 0 Å². The Morgan fingerprint density at radius 1 is 1.41 bits per heavy atom. The second kappa shape index (κ2) is 9.58. The molecule has 3 atom stereocenters. The summed E-state index contributed by atoms with van der Waals surface area (Å²) in [6, 6.07) is 0.761. The van der Waals surface area contributed by atoms with Gasteiger partial charge >= 0.3 is 0 Å². The van der Waals surface area contributed by atoms with Crippen molar-refractivity contribution in [3.8, 4) is 0 Å². The molecule has 2 aliphatic carbocycles. The average Bonchev–Trinajstić information content (AvgIpc) is 3.05. The molecule has 1 fully saturated rings. The summed E-state index contributed by atoms with van der Waals surface area (Å²) in [5, 5.41) is 22.2. The number of aliphatic hydroxyl groups excluding tert-OH is 1. The van der Waals surface area contributed by atoms with Gasteiger partial charge in [-0.1, -0.05) is 19.8 Å². The SMILES string of the molecule is CN=C(NCC1(C)CCCCC1O)NC1CCc2cn(C(C)C)nc2C1.I. The highest BCUT2D eigenvalue weighted by molar-refractivity contribution is 14.0. The van der Waals surface area contributed by atoms with Crippen LogP contribution in [0.3, 0.4) is 0 Å². The topological polar surface area (TPSA) is 74.5 Å². The van der Waals surface area contributed by atoms with Crippen LogP contribution in [0.1, 0.15) is 70.2 Å². The van der Waals surface area contributed by atoms with E-state index in [1.54, 1.807) is 0 Å². The number of aliphatic hydroxyl groups is 1. The third-order valence-electron chi connectivity index (χ3n) is 6.13. The molecular formula is C20H36IN5O. The van der Waals surface area contributed by atoms with E-state index in [1.165, 1.54) is 17.7 Å². The van der Waals surface area contributed by atoms with Gasteiger partial charge in [-0.15, -0.1) is 24.0 Å². The zero-order valence-electron chi connectivity index (χ0n) is 17.2. The number of aliphatic imine (C=N–C) groups is 1. The normalized spacial score (nSPS) is 28.4. The highest BCUT2D eigenvalue weighted by atomic mass is 127. The molecule has 1 heterocycles. The smallest absolute Gasteiger partial charge is 0.191 e. The van der Waals surface area contributed by atoms with E-state index in [4.69, 9.17) is 5.10 Å². The first kappa shape index (κ1) is 22.5. The van der Waals surface area contributed by atoms with E-state index in [0.717, 1.165) is 51.0 Å². The van der Waals surface area contributed by atoms with Crippen LogP contribution in [0.5, 0.6) is 0 Å². The van der Waals surface area contributed by atoms with E-state index < -0.39 is 0 Å². The van der Waals surface area contributed by atoms with Crippen LogP contribution in [0, 0.1) is 5.41 Å².